The van der Waals surface area contributed by atoms with E-state index >= 15 is 0 Å². The molecule has 1 fully saturated rings. The van der Waals surface area contributed by atoms with Crippen LogP contribution < -0.4 is 5.32 Å². The molecule has 0 radical (unpaired) electrons. The molecule has 0 aliphatic carbocycles. The second-order valence-corrected chi connectivity index (χ2v) is 8.62. The van der Waals surface area contributed by atoms with E-state index in [1.165, 1.54) is 29.9 Å². The van der Waals surface area contributed by atoms with Crippen LogP contribution in [0.3, 0.4) is 0 Å². The topological polar surface area (TPSA) is 95.6 Å². The minimum atomic E-state index is -0.520. The van der Waals surface area contributed by atoms with Gasteiger partial charge in [0.2, 0.25) is 5.91 Å². The SMILES string of the molecule is CC1(C)CC2Cc3c(sc(NC(=O)/C=C/c4ccoc4)c3C#N)CN2C(=O)O1. The van der Waals surface area contributed by atoms with Gasteiger partial charge in [-0.05, 0) is 38.0 Å². The van der Waals surface area contributed by atoms with E-state index in [1.807, 2.05) is 13.8 Å². The zero-order chi connectivity index (χ0) is 19.9. The molecule has 1 unspecified atom stereocenters. The Bertz CT molecular complexity index is 998. The van der Waals surface area contributed by atoms with E-state index in [0.717, 1.165) is 16.0 Å². The molecule has 1 saturated heterocycles. The standard InChI is InChI=1S/C20H19N3O4S/c1-20(2)8-13-7-14-15(9-21)18(28-16(14)10-23(13)19(25)27-20)22-17(24)4-3-12-5-6-26-11-12/h3-6,11,13H,7-8,10H2,1-2H3,(H,22,24)/b4-3+. The third kappa shape index (κ3) is 3.41. The Morgan fingerprint density at radius 2 is 2.32 bits per heavy atom. The van der Waals surface area contributed by atoms with Crippen molar-refractivity contribution in [2.45, 2.75) is 44.9 Å². The van der Waals surface area contributed by atoms with E-state index in [0.29, 0.717) is 30.0 Å². The van der Waals surface area contributed by atoms with Gasteiger partial charge < -0.3 is 14.5 Å². The van der Waals surface area contributed by atoms with Crippen LogP contribution in [0.1, 0.15) is 41.8 Å². The van der Waals surface area contributed by atoms with Crippen LogP contribution in [0.5, 0.6) is 0 Å². The summed E-state index contributed by atoms with van der Waals surface area (Å²) in [5, 5.41) is 13.0. The number of nitrogens with zero attached hydrogens (tertiary/aromatic N) is 2. The van der Waals surface area contributed by atoms with Crippen molar-refractivity contribution in [2.75, 3.05) is 5.32 Å². The number of cyclic esters (lactones) is 1. The highest BCUT2D eigenvalue weighted by molar-refractivity contribution is 7.16. The number of furan rings is 1. The number of hydrogen-bond donors (Lipinski definition) is 1. The summed E-state index contributed by atoms with van der Waals surface area (Å²) in [7, 11) is 0. The Balaban J connectivity index is 1.57. The first-order valence-corrected chi connectivity index (χ1v) is 9.73. The quantitative estimate of drug-likeness (QED) is 0.792. The monoisotopic (exact) mass is 397 g/mol. The van der Waals surface area contributed by atoms with E-state index in [2.05, 4.69) is 11.4 Å². The van der Waals surface area contributed by atoms with Crippen molar-refractivity contribution < 1.29 is 18.7 Å². The summed E-state index contributed by atoms with van der Waals surface area (Å²) in [6.07, 6.45) is 7.06. The molecule has 1 atom stereocenters. The van der Waals surface area contributed by atoms with Crippen molar-refractivity contribution in [2.24, 2.45) is 0 Å². The number of nitrogens with one attached hydrogen (secondary N) is 1. The molecule has 0 bridgehead atoms. The van der Waals surface area contributed by atoms with Crippen LogP contribution in [-0.2, 0) is 22.5 Å². The van der Waals surface area contributed by atoms with Crippen LogP contribution in [0.15, 0.2) is 29.1 Å². The molecule has 2 aliphatic rings. The van der Waals surface area contributed by atoms with E-state index in [9.17, 15) is 14.9 Å². The Labute approximate surface area is 166 Å². The number of nitriles is 1. The predicted molar refractivity (Wildman–Crippen MR) is 104 cm³/mol. The number of fused-ring (bicyclic) bond motifs is 2. The minimum Gasteiger partial charge on any atom is -0.472 e. The highest BCUT2D eigenvalue weighted by Gasteiger charge is 2.43. The maximum absolute atomic E-state index is 12.3. The van der Waals surface area contributed by atoms with Gasteiger partial charge in [-0.2, -0.15) is 5.26 Å². The summed E-state index contributed by atoms with van der Waals surface area (Å²) in [5.41, 5.74) is 1.67. The summed E-state index contributed by atoms with van der Waals surface area (Å²) < 4.78 is 10.5. The fourth-order valence-corrected chi connectivity index (χ4v) is 4.87. The Kier molecular flexibility index (Phi) is 4.47. The first-order valence-electron chi connectivity index (χ1n) is 8.92. The van der Waals surface area contributed by atoms with Crippen LogP contribution in [0, 0.1) is 11.3 Å². The molecule has 4 rings (SSSR count). The molecule has 0 saturated carbocycles. The summed E-state index contributed by atoms with van der Waals surface area (Å²) >= 11 is 1.34. The third-order valence-corrected chi connectivity index (χ3v) is 6.06. The number of carbonyl (C=O) groups is 2. The van der Waals surface area contributed by atoms with Crippen LogP contribution in [0.25, 0.3) is 6.08 Å². The molecule has 28 heavy (non-hydrogen) atoms. The van der Waals surface area contributed by atoms with Crippen molar-refractivity contribution in [3.05, 3.63) is 46.2 Å². The van der Waals surface area contributed by atoms with Gasteiger partial charge in [-0.1, -0.05) is 0 Å². The summed E-state index contributed by atoms with van der Waals surface area (Å²) in [4.78, 5) is 27.2. The third-order valence-electron chi connectivity index (χ3n) is 4.93. The fourth-order valence-electron chi connectivity index (χ4n) is 3.69. The molecular formula is C20H19N3O4S. The molecule has 8 heteroatoms. The van der Waals surface area contributed by atoms with E-state index < -0.39 is 5.60 Å². The van der Waals surface area contributed by atoms with E-state index in [-0.39, 0.29) is 18.0 Å². The van der Waals surface area contributed by atoms with Gasteiger partial charge in [0.05, 0.1) is 24.6 Å². The van der Waals surface area contributed by atoms with Gasteiger partial charge in [-0.3, -0.25) is 9.69 Å². The molecule has 144 valence electrons. The molecule has 2 aromatic heterocycles. The molecule has 0 aromatic carbocycles. The maximum atomic E-state index is 12.3. The zero-order valence-corrected chi connectivity index (χ0v) is 16.3. The lowest BCUT2D eigenvalue weighted by molar-refractivity contribution is -0.111. The Hall–Kier alpha value is -3.05. The molecule has 0 spiro atoms. The lowest BCUT2D eigenvalue weighted by atomic mass is 9.88. The first kappa shape index (κ1) is 18.3. The Morgan fingerprint density at radius 3 is 3.04 bits per heavy atom. The largest absolute Gasteiger partial charge is 0.472 e. The summed E-state index contributed by atoms with van der Waals surface area (Å²) in [6, 6.07) is 3.96. The highest BCUT2D eigenvalue weighted by Crippen LogP contribution is 2.42. The van der Waals surface area contributed by atoms with Gasteiger partial charge in [0.15, 0.2) is 0 Å². The van der Waals surface area contributed by atoms with Gasteiger partial charge in [-0.15, -0.1) is 11.3 Å². The van der Waals surface area contributed by atoms with Crippen LogP contribution in [0.2, 0.25) is 0 Å². The minimum absolute atomic E-state index is 0.00464. The molecule has 4 heterocycles. The first-order chi connectivity index (χ1) is 13.4. The van der Waals surface area contributed by atoms with Crippen molar-refractivity contribution >= 4 is 34.4 Å². The fraction of sp³-hybridized carbons (Fsp3) is 0.350. The van der Waals surface area contributed by atoms with Crippen molar-refractivity contribution in [3.63, 3.8) is 0 Å². The number of ether oxygens (including phenoxy) is 1. The summed E-state index contributed by atoms with van der Waals surface area (Å²) in [6.45, 7) is 4.19. The van der Waals surface area contributed by atoms with Gasteiger partial charge in [0, 0.05) is 29.0 Å². The molecule has 2 amide bonds. The van der Waals surface area contributed by atoms with Gasteiger partial charge >= 0.3 is 6.09 Å². The maximum Gasteiger partial charge on any atom is 0.410 e. The average Bonchev–Trinajstić information content (AvgIpc) is 3.24. The number of anilines is 1. The highest BCUT2D eigenvalue weighted by atomic mass is 32.1. The number of amides is 2. The summed E-state index contributed by atoms with van der Waals surface area (Å²) in [5.74, 6) is -0.324. The number of hydrogen-bond acceptors (Lipinski definition) is 6. The molecule has 2 aliphatic heterocycles. The smallest absolute Gasteiger partial charge is 0.410 e. The molecule has 1 N–H and O–H groups in total. The molecule has 2 aromatic rings. The Morgan fingerprint density at radius 1 is 1.50 bits per heavy atom. The number of rotatable bonds is 3. The van der Waals surface area contributed by atoms with Gasteiger partial charge in [-0.25, -0.2) is 4.79 Å². The molecular weight excluding hydrogens is 378 g/mol. The van der Waals surface area contributed by atoms with Crippen molar-refractivity contribution in [3.8, 4) is 6.07 Å². The second-order valence-electron chi connectivity index (χ2n) is 7.52. The lowest BCUT2D eigenvalue weighted by Crippen LogP contribution is -2.54. The van der Waals surface area contributed by atoms with E-state index in [1.54, 1.807) is 17.0 Å². The van der Waals surface area contributed by atoms with Gasteiger partial charge in [0.1, 0.15) is 16.7 Å². The van der Waals surface area contributed by atoms with E-state index in [4.69, 9.17) is 9.15 Å². The number of carbonyl (C=O) groups excluding carboxylic acids is 2. The van der Waals surface area contributed by atoms with Crippen molar-refractivity contribution in [1.29, 1.82) is 5.26 Å². The van der Waals surface area contributed by atoms with Crippen LogP contribution in [-0.4, -0.2) is 28.5 Å². The zero-order valence-electron chi connectivity index (χ0n) is 15.5. The van der Waals surface area contributed by atoms with Crippen LogP contribution >= 0.6 is 11.3 Å². The van der Waals surface area contributed by atoms with Gasteiger partial charge in [0.25, 0.3) is 0 Å². The molecule has 7 nitrogen and oxygen atoms in total. The predicted octanol–water partition coefficient (Wildman–Crippen LogP) is 3.91. The lowest BCUT2D eigenvalue weighted by Gasteiger charge is -2.44. The average molecular weight is 397 g/mol. The normalized spacial score (nSPS) is 20.2. The van der Waals surface area contributed by atoms with Crippen LogP contribution in [0.4, 0.5) is 9.80 Å². The number of thiophene rings is 1. The van der Waals surface area contributed by atoms with Crippen molar-refractivity contribution in [1.82, 2.24) is 4.90 Å². The second kappa shape index (κ2) is 6.84.